The number of amides is 2. The quantitative estimate of drug-likeness (QED) is 0.839. The maximum Gasteiger partial charge on any atom is 0.337 e. The highest BCUT2D eigenvalue weighted by atomic mass is 35.5. The van der Waals surface area contributed by atoms with Crippen LogP contribution < -0.4 is 14.4 Å². The second kappa shape index (κ2) is 7.42. The van der Waals surface area contributed by atoms with Crippen molar-refractivity contribution in [1.82, 2.24) is 14.7 Å². The zero-order chi connectivity index (χ0) is 18.8. The second-order valence-corrected chi connectivity index (χ2v) is 7.39. The van der Waals surface area contributed by atoms with Gasteiger partial charge < -0.3 is 4.74 Å². The molecule has 1 heterocycles. The molecule has 0 aliphatic heterocycles. The number of urea groups is 1. The summed E-state index contributed by atoms with van der Waals surface area (Å²) in [6.07, 6.45) is 0. The first-order chi connectivity index (χ1) is 11.6. The lowest BCUT2D eigenvalue weighted by Gasteiger charge is -2.17. The Bertz CT molecular complexity index is 921. The first kappa shape index (κ1) is 19.2. The summed E-state index contributed by atoms with van der Waals surface area (Å²) in [5, 5.41) is 0.0955. The number of aryl methyl sites for hydroxylation is 1. The molecule has 2 rings (SSSR count). The highest BCUT2D eigenvalue weighted by molar-refractivity contribution is 7.90. The number of nitrogens with one attached hydrogen (secondary N) is 1. The predicted octanol–water partition coefficient (Wildman–Crippen LogP) is 2.64. The molecule has 0 saturated heterocycles. The van der Waals surface area contributed by atoms with Crippen molar-refractivity contribution in [1.29, 1.82) is 0 Å². The van der Waals surface area contributed by atoms with E-state index in [0.29, 0.717) is 5.69 Å². The largest absolute Gasteiger partial charge is 0.481 e. The molecule has 0 aliphatic carbocycles. The second-order valence-electron chi connectivity index (χ2n) is 4.90. The van der Waals surface area contributed by atoms with Crippen molar-refractivity contribution in [3.8, 4) is 5.88 Å². The fourth-order valence-electron chi connectivity index (χ4n) is 1.79. The predicted molar refractivity (Wildman–Crippen MR) is 93.9 cm³/mol. The molecule has 0 atom stereocenters. The molecule has 1 N–H and O–H groups in total. The summed E-state index contributed by atoms with van der Waals surface area (Å²) >= 11 is 11.7. The average molecular weight is 405 g/mol. The number of nitrogens with zero attached hydrogens (tertiary/aromatic N) is 3. The molecule has 134 valence electrons. The average Bonchev–Trinajstić information content (AvgIpc) is 2.55. The third kappa shape index (κ3) is 4.50. The molecule has 0 radical (unpaired) electrons. The van der Waals surface area contributed by atoms with Crippen LogP contribution in [0.2, 0.25) is 10.0 Å². The fourth-order valence-corrected chi connectivity index (χ4v) is 3.53. The Labute approximate surface area is 154 Å². The van der Waals surface area contributed by atoms with E-state index in [2.05, 4.69) is 9.97 Å². The third-order valence-corrected chi connectivity index (χ3v) is 5.07. The van der Waals surface area contributed by atoms with E-state index in [-0.39, 0.29) is 26.8 Å². The summed E-state index contributed by atoms with van der Waals surface area (Å²) in [5.74, 6) is 0.213. The van der Waals surface area contributed by atoms with Gasteiger partial charge in [0.2, 0.25) is 11.8 Å². The van der Waals surface area contributed by atoms with Crippen LogP contribution in [0, 0.1) is 6.92 Å². The van der Waals surface area contributed by atoms with Crippen LogP contribution >= 0.6 is 23.2 Å². The Morgan fingerprint density at radius 1 is 1.24 bits per heavy atom. The van der Waals surface area contributed by atoms with Crippen molar-refractivity contribution in [3.05, 3.63) is 40.0 Å². The number of benzene rings is 1. The Hall–Kier alpha value is -2.10. The van der Waals surface area contributed by atoms with E-state index in [1.165, 1.54) is 26.3 Å². The fraction of sp³-hybridized carbons (Fsp3) is 0.214. The van der Waals surface area contributed by atoms with Gasteiger partial charge in [0.25, 0.3) is 10.0 Å². The van der Waals surface area contributed by atoms with Crippen molar-refractivity contribution < 1.29 is 17.9 Å². The Morgan fingerprint density at radius 2 is 1.92 bits per heavy atom. The zero-order valence-electron chi connectivity index (χ0n) is 13.4. The number of ether oxygens (including phenoxy) is 1. The third-order valence-electron chi connectivity index (χ3n) is 3.04. The summed E-state index contributed by atoms with van der Waals surface area (Å²) in [6, 6.07) is 4.50. The number of aromatic nitrogens is 2. The molecule has 2 aromatic rings. The van der Waals surface area contributed by atoms with E-state index in [1.807, 2.05) is 4.72 Å². The summed E-state index contributed by atoms with van der Waals surface area (Å²) in [4.78, 5) is 21.0. The molecule has 11 heteroatoms. The lowest BCUT2D eigenvalue weighted by molar-refractivity contribution is 0.252. The Balaban J connectivity index is 2.29. The Morgan fingerprint density at radius 3 is 2.56 bits per heavy atom. The van der Waals surface area contributed by atoms with E-state index in [9.17, 15) is 13.2 Å². The first-order valence-corrected chi connectivity index (χ1v) is 9.03. The van der Waals surface area contributed by atoms with Gasteiger partial charge in [0.15, 0.2) is 0 Å². The van der Waals surface area contributed by atoms with Crippen LogP contribution in [-0.4, -0.2) is 38.6 Å². The van der Waals surface area contributed by atoms with Crippen LogP contribution in [0.3, 0.4) is 0 Å². The highest BCUT2D eigenvalue weighted by Gasteiger charge is 2.25. The van der Waals surface area contributed by atoms with Crippen molar-refractivity contribution >= 4 is 45.2 Å². The SMILES string of the molecule is COc1cc(C)nc(N(C)C(=O)NS(=O)(=O)c2cc(Cl)ccc2Cl)n1. The van der Waals surface area contributed by atoms with E-state index in [1.54, 1.807) is 13.0 Å². The first-order valence-electron chi connectivity index (χ1n) is 6.79. The molecule has 8 nitrogen and oxygen atoms in total. The van der Waals surface area contributed by atoms with Gasteiger partial charge in [-0.1, -0.05) is 23.2 Å². The lowest BCUT2D eigenvalue weighted by atomic mass is 10.4. The normalized spacial score (nSPS) is 11.1. The van der Waals surface area contributed by atoms with Crippen LogP contribution in [0.4, 0.5) is 10.7 Å². The van der Waals surface area contributed by atoms with Crippen molar-refractivity contribution in [3.63, 3.8) is 0 Å². The molecule has 25 heavy (non-hydrogen) atoms. The molecule has 0 fully saturated rings. The van der Waals surface area contributed by atoms with Gasteiger partial charge in [-0.2, -0.15) is 4.98 Å². The molecular formula is C14H14Cl2N4O4S. The van der Waals surface area contributed by atoms with Crippen molar-refractivity contribution in [2.24, 2.45) is 0 Å². The number of sulfonamides is 1. The number of hydrogen-bond acceptors (Lipinski definition) is 6. The van der Waals surface area contributed by atoms with Gasteiger partial charge in [0, 0.05) is 23.8 Å². The van der Waals surface area contributed by atoms with E-state index in [0.717, 1.165) is 11.0 Å². The number of halogens is 2. The molecule has 1 aromatic heterocycles. The number of carbonyl (C=O) groups is 1. The van der Waals surface area contributed by atoms with Crippen LogP contribution in [0.1, 0.15) is 5.69 Å². The summed E-state index contributed by atoms with van der Waals surface area (Å²) < 4.78 is 31.6. The summed E-state index contributed by atoms with van der Waals surface area (Å²) in [6.45, 7) is 1.68. The van der Waals surface area contributed by atoms with E-state index in [4.69, 9.17) is 27.9 Å². The number of carbonyl (C=O) groups excluding carboxylic acids is 1. The van der Waals surface area contributed by atoms with Gasteiger partial charge in [-0.25, -0.2) is 22.9 Å². The summed E-state index contributed by atoms with van der Waals surface area (Å²) in [7, 11) is -1.50. The molecule has 0 spiro atoms. The van der Waals surface area contributed by atoms with Gasteiger partial charge in [0.05, 0.1) is 12.1 Å². The van der Waals surface area contributed by atoms with Gasteiger partial charge in [-0.15, -0.1) is 0 Å². The minimum absolute atomic E-state index is 0.0262. The van der Waals surface area contributed by atoms with E-state index < -0.39 is 16.1 Å². The van der Waals surface area contributed by atoms with E-state index >= 15 is 0 Å². The summed E-state index contributed by atoms with van der Waals surface area (Å²) in [5.41, 5.74) is 0.544. The topological polar surface area (TPSA) is 101 Å². The van der Waals surface area contributed by atoms with Crippen LogP contribution in [-0.2, 0) is 10.0 Å². The van der Waals surface area contributed by atoms with Crippen molar-refractivity contribution in [2.45, 2.75) is 11.8 Å². The maximum absolute atomic E-state index is 12.4. The number of anilines is 1. The smallest absolute Gasteiger partial charge is 0.337 e. The van der Waals surface area contributed by atoms with Gasteiger partial charge >= 0.3 is 6.03 Å². The van der Waals surface area contributed by atoms with Crippen LogP contribution in [0.5, 0.6) is 5.88 Å². The molecule has 1 aromatic carbocycles. The lowest BCUT2D eigenvalue weighted by Crippen LogP contribution is -2.41. The number of methoxy groups -OCH3 is 1. The number of hydrogen-bond donors (Lipinski definition) is 1. The molecule has 2 amide bonds. The zero-order valence-corrected chi connectivity index (χ0v) is 15.8. The number of rotatable bonds is 4. The highest BCUT2D eigenvalue weighted by Crippen LogP contribution is 2.25. The van der Waals surface area contributed by atoms with Crippen molar-refractivity contribution in [2.75, 3.05) is 19.1 Å². The van der Waals surface area contributed by atoms with Gasteiger partial charge in [-0.05, 0) is 25.1 Å². The van der Waals surface area contributed by atoms with Gasteiger partial charge in [0.1, 0.15) is 4.90 Å². The molecule has 0 bridgehead atoms. The minimum atomic E-state index is -4.24. The molecule has 0 saturated carbocycles. The molecule has 0 aliphatic rings. The maximum atomic E-state index is 12.4. The Kier molecular flexibility index (Phi) is 5.71. The van der Waals surface area contributed by atoms with Crippen LogP contribution in [0.25, 0.3) is 0 Å². The monoisotopic (exact) mass is 404 g/mol. The minimum Gasteiger partial charge on any atom is -0.481 e. The van der Waals surface area contributed by atoms with Gasteiger partial charge in [-0.3, -0.25) is 4.90 Å². The standard InChI is InChI=1S/C14H14Cl2N4O4S/c1-8-6-12(24-3)18-13(17-8)20(2)14(21)19-25(22,23)11-7-9(15)4-5-10(11)16/h4-7H,1-3H3,(H,19,21). The van der Waals surface area contributed by atoms with Crippen LogP contribution in [0.15, 0.2) is 29.2 Å². The molecule has 0 unspecified atom stereocenters. The molecular weight excluding hydrogens is 391 g/mol.